The highest BCUT2D eigenvalue weighted by molar-refractivity contribution is 5.95. The fraction of sp³-hybridized carbons (Fsp3) is 0.448. The molecule has 1 N–H and O–H groups in total. The van der Waals surface area contributed by atoms with Crippen LogP contribution in [-0.2, 0) is 6.54 Å². The molecule has 2 atom stereocenters. The topological polar surface area (TPSA) is 60.9 Å². The summed E-state index contributed by atoms with van der Waals surface area (Å²) in [5.41, 5.74) is 5.04. The Morgan fingerprint density at radius 2 is 1.68 bits per heavy atom. The zero-order valence-corrected chi connectivity index (χ0v) is 20.8. The standard InChI is InChI=1S/C29H36N2O3/c1-20-17-30(18-21(2)31(20)19-22-8-10-24(11-9-22)28(33)34)27(32)26-7-5-6-25(16-26)23-12-14-29(3,4)15-13-23/h5-12,16,20-21H,13-15,17-19H2,1-4H3,(H,33,34)/t20-,21+. The van der Waals surface area contributed by atoms with Crippen molar-refractivity contribution < 1.29 is 14.7 Å². The van der Waals surface area contributed by atoms with Gasteiger partial charge in [-0.25, -0.2) is 4.79 Å². The average molecular weight is 461 g/mol. The molecular weight excluding hydrogens is 424 g/mol. The molecule has 0 unspecified atom stereocenters. The molecule has 4 rings (SSSR count). The van der Waals surface area contributed by atoms with Gasteiger partial charge in [-0.1, -0.05) is 44.2 Å². The minimum absolute atomic E-state index is 0.0998. The number of aromatic carboxylic acids is 1. The van der Waals surface area contributed by atoms with Crippen LogP contribution in [0.3, 0.4) is 0 Å². The van der Waals surface area contributed by atoms with Crippen LogP contribution in [0.1, 0.15) is 78.8 Å². The first-order chi connectivity index (χ1) is 16.1. The van der Waals surface area contributed by atoms with Gasteiger partial charge in [-0.3, -0.25) is 9.69 Å². The Labute approximate surface area is 203 Å². The van der Waals surface area contributed by atoms with Crippen LogP contribution in [0.15, 0.2) is 54.6 Å². The van der Waals surface area contributed by atoms with Crippen LogP contribution in [-0.4, -0.2) is 52.0 Å². The molecule has 1 saturated heterocycles. The Kier molecular flexibility index (Phi) is 6.94. The summed E-state index contributed by atoms with van der Waals surface area (Å²) in [5, 5.41) is 9.12. The number of benzene rings is 2. The summed E-state index contributed by atoms with van der Waals surface area (Å²) >= 11 is 0. The molecule has 0 aromatic heterocycles. The maximum atomic E-state index is 13.4. The summed E-state index contributed by atoms with van der Waals surface area (Å²) < 4.78 is 0. The van der Waals surface area contributed by atoms with Gasteiger partial charge in [-0.2, -0.15) is 0 Å². The third kappa shape index (κ3) is 5.41. The van der Waals surface area contributed by atoms with E-state index in [9.17, 15) is 9.59 Å². The fourth-order valence-corrected chi connectivity index (χ4v) is 5.17. The van der Waals surface area contributed by atoms with Gasteiger partial charge in [0.25, 0.3) is 5.91 Å². The maximum absolute atomic E-state index is 13.4. The van der Waals surface area contributed by atoms with E-state index in [1.54, 1.807) is 12.1 Å². The molecule has 5 nitrogen and oxygen atoms in total. The monoisotopic (exact) mass is 460 g/mol. The van der Waals surface area contributed by atoms with Gasteiger partial charge in [0.05, 0.1) is 5.56 Å². The number of rotatable bonds is 5. The molecule has 0 bridgehead atoms. The van der Waals surface area contributed by atoms with Crippen molar-refractivity contribution in [2.75, 3.05) is 13.1 Å². The van der Waals surface area contributed by atoms with E-state index in [2.05, 4.69) is 50.8 Å². The van der Waals surface area contributed by atoms with Crippen molar-refractivity contribution in [1.82, 2.24) is 9.80 Å². The Hall–Kier alpha value is -2.92. The number of carbonyl (C=O) groups excluding carboxylic acids is 1. The quantitative estimate of drug-likeness (QED) is 0.621. The largest absolute Gasteiger partial charge is 0.478 e. The lowest BCUT2D eigenvalue weighted by molar-refractivity contribution is 0.0269. The predicted octanol–water partition coefficient (Wildman–Crippen LogP) is 5.71. The summed E-state index contributed by atoms with van der Waals surface area (Å²) in [6.07, 6.45) is 5.66. The minimum Gasteiger partial charge on any atom is -0.478 e. The fourth-order valence-electron chi connectivity index (χ4n) is 5.17. The molecule has 1 fully saturated rings. The highest BCUT2D eigenvalue weighted by atomic mass is 16.4. The van der Waals surface area contributed by atoms with Crippen LogP contribution in [0.4, 0.5) is 0 Å². The number of carboxylic acid groups (broad SMARTS) is 1. The van der Waals surface area contributed by atoms with Gasteiger partial charge in [-0.15, -0.1) is 0 Å². The Balaban J connectivity index is 1.43. The molecule has 5 heteroatoms. The normalized spacial score (nSPS) is 22.8. The number of amides is 1. The molecule has 2 aromatic carbocycles. The summed E-state index contributed by atoms with van der Waals surface area (Å²) in [7, 11) is 0. The first kappa shape index (κ1) is 24.2. The van der Waals surface area contributed by atoms with Crippen molar-refractivity contribution in [1.29, 1.82) is 0 Å². The molecule has 34 heavy (non-hydrogen) atoms. The van der Waals surface area contributed by atoms with Crippen LogP contribution in [0, 0.1) is 5.41 Å². The second-order valence-corrected chi connectivity index (χ2v) is 10.8. The number of carboxylic acids is 1. The second-order valence-electron chi connectivity index (χ2n) is 10.8. The molecule has 1 aliphatic carbocycles. The van der Waals surface area contributed by atoms with Gasteiger partial charge < -0.3 is 10.0 Å². The average Bonchev–Trinajstić information content (AvgIpc) is 2.81. The summed E-state index contributed by atoms with van der Waals surface area (Å²) in [4.78, 5) is 28.9. The van der Waals surface area contributed by atoms with E-state index in [-0.39, 0.29) is 18.0 Å². The molecule has 0 spiro atoms. The number of piperazine rings is 1. The zero-order valence-electron chi connectivity index (χ0n) is 20.8. The first-order valence-corrected chi connectivity index (χ1v) is 12.3. The number of allylic oxidation sites excluding steroid dienone is 2. The van der Waals surface area contributed by atoms with Gasteiger partial charge >= 0.3 is 5.97 Å². The van der Waals surface area contributed by atoms with Crippen molar-refractivity contribution in [2.45, 2.75) is 65.6 Å². The summed E-state index contributed by atoms with van der Waals surface area (Å²) in [6, 6.07) is 15.6. The van der Waals surface area contributed by atoms with Crippen molar-refractivity contribution in [3.8, 4) is 0 Å². The first-order valence-electron chi connectivity index (χ1n) is 12.3. The Bertz CT molecular complexity index is 1070. The maximum Gasteiger partial charge on any atom is 0.335 e. The van der Waals surface area contributed by atoms with Crippen molar-refractivity contribution in [3.05, 3.63) is 76.9 Å². The lowest BCUT2D eigenvalue weighted by atomic mass is 9.77. The lowest BCUT2D eigenvalue weighted by Crippen LogP contribution is -2.57. The van der Waals surface area contributed by atoms with Crippen molar-refractivity contribution in [2.24, 2.45) is 5.41 Å². The van der Waals surface area contributed by atoms with E-state index in [1.165, 1.54) is 17.6 Å². The Morgan fingerprint density at radius 3 is 2.26 bits per heavy atom. The molecule has 2 aliphatic rings. The smallest absolute Gasteiger partial charge is 0.335 e. The van der Waals surface area contributed by atoms with Crippen molar-refractivity contribution in [3.63, 3.8) is 0 Å². The number of carbonyl (C=O) groups is 2. The number of hydrogen-bond donors (Lipinski definition) is 1. The van der Waals surface area contributed by atoms with Gasteiger partial charge in [0.1, 0.15) is 0 Å². The molecule has 2 aromatic rings. The highest BCUT2D eigenvalue weighted by Gasteiger charge is 2.32. The van der Waals surface area contributed by atoms with E-state index in [0.717, 1.165) is 30.5 Å². The van der Waals surface area contributed by atoms with E-state index in [4.69, 9.17) is 5.11 Å². The van der Waals surface area contributed by atoms with Gasteiger partial charge in [-0.05, 0) is 79.5 Å². The Morgan fingerprint density at radius 1 is 1.00 bits per heavy atom. The molecule has 1 aliphatic heterocycles. The zero-order chi connectivity index (χ0) is 24.5. The van der Waals surface area contributed by atoms with E-state index in [1.807, 2.05) is 29.2 Å². The SMILES string of the molecule is C[C@@H]1CN(C(=O)c2cccc(C3=CCC(C)(C)CC3)c2)C[C@H](C)N1Cc1ccc(C(=O)O)cc1. The molecule has 180 valence electrons. The predicted molar refractivity (Wildman–Crippen MR) is 136 cm³/mol. The molecule has 1 amide bonds. The summed E-state index contributed by atoms with van der Waals surface area (Å²) in [5.74, 6) is -0.809. The van der Waals surface area contributed by atoms with E-state index >= 15 is 0 Å². The van der Waals surface area contributed by atoms with Crippen LogP contribution < -0.4 is 0 Å². The van der Waals surface area contributed by atoms with Gasteiger partial charge in [0, 0.05) is 37.3 Å². The molecular formula is C29H36N2O3. The second kappa shape index (κ2) is 9.75. The van der Waals surface area contributed by atoms with Crippen LogP contribution >= 0.6 is 0 Å². The number of nitrogens with zero attached hydrogens (tertiary/aromatic N) is 2. The molecule has 0 radical (unpaired) electrons. The summed E-state index contributed by atoms with van der Waals surface area (Å²) in [6.45, 7) is 11.0. The highest BCUT2D eigenvalue weighted by Crippen LogP contribution is 2.38. The third-order valence-electron chi connectivity index (χ3n) is 7.41. The molecule has 0 saturated carbocycles. The molecule has 1 heterocycles. The van der Waals surface area contributed by atoms with Gasteiger partial charge in [0.15, 0.2) is 0 Å². The van der Waals surface area contributed by atoms with Gasteiger partial charge in [0.2, 0.25) is 0 Å². The lowest BCUT2D eigenvalue weighted by Gasteiger charge is -2.44. The minimum atomic E-state index is -0.909. The van der Waals surface area contributed by atoms with E-state index in [0.29, 0.717) is 24.1 Å². The van der Waals surface area contributed by atoms with Crippen LogP contribution in [0.25, 0.3) is 5.57 Å². The van der Waals surface area contributed by atoms with E-state index < -0.39 is 5.97 Å². The number of hydrogen-bond acceptors (Lipinski definition) is 3. The van der Waals surface area contributed by atoms with Crippen molar-refractivity contribution >= 4 is 17.4 Å². The van der Waals surface area contributed by atoms with Crippen LogP contribution in [0.2, 0.25) is 0 Å². The van der Waals surface area contributed by atoms with Crippen LogP contribution in [0.5, 0.6) is 0 Å². The third-order valence-corrected chi connectivity index (χ3v) is 7.41.